The first-order chi connectivity index (χ1) is 8.96. The molecule has 0 saturated heterocycles. The maximum absolute atomic E-state index is 11.9. The fraction of sp³-hybridized carbons (Fsp3) is 0.429. The van der Waals surface area contributed by atoms with Crippen LogP contribution in [0.1, 0.15) is 19.4 Å². The van der Waals surface area contributed by atoms with Crippen molar-refractivity contribution in [3.05, 3.63) is 28.2 Å². The minimum absolute atomic E-state index is 0.259. The summed E-state index contributed by atoms with van der Waals surface area (Å²) in [6.45, 7) is 3.56. The van der Waals surface area contributed by atoms with Gasteiger partial charge in [-0.2, -0.15) is 5.26 Å². The number of methoxy groups -OCH3 is 1. The minimum atomic E-state index is -1.20. The number of hydrogen-bond donors (Lipinski definition) is 0. The van der Waals surface area contributed by atoms with Crippen LogP contribution in [0, 0.1) is 16.7 Å². The van der Waals surface area contributed by atoms with Crippen molar-refractivity contribution in [1.82, 2.24) is 0 Å². The van der Waals surface area contributed by atoms with Crippen LogP contribution in [-0.2, 0) is 16.0 Å². The Balaban J connectivity index is 3.05. The first-order valence-electron chi connectivity index (χ1n) is 5.87. The highest BCUT2D eigenvalue weighted by molar-refractivity contribution is 9.10. The third kappa shape index (κ3) is 3.71. The Hall–Kier alpha value is -1.54. The molecule has 0 aliphatic carbocycles. The average molecular weight is 326 g/mol. The largest absolute Gasteiger partial charge is 0.497 e. The molecule has 5 heteroatoms. The van der Waals surface area contributed by atoms with E-state index in [0.717, 1.165) is 10.0 Å². The van der Waals surface area contributed by atoms with E-state index in [0.29, 0.717) is 5.75 Å². The molecule has 4 nitrogen and oxygen atoms in total. The molecule has 1 unspecified atom stereocenters. The minimum Gasteiger partial charge on any atom is -0.497 e. The van der Waals surface area contributed by atoms with Crippen LogP contribution in [-0.4, -0.2) is 19.7 Å². The second kappa shape index (κ2) is 6.58. The lowest BCUT2D eigenvalue weighted by atomic mass is 9.85. The van der Waals surface area contributed by atoms with E-state index < -0.39 is 11.4 Å². The van der Waals surface area contributed by atoms with Crippen molar-refractivity contribution in [1.29, 1.82) is 5.26 Å². The van der Waals surface area contributed by atoms with Crippen molar-refractivity contribution >= 4 is 21.9 Å². The lowest BCUT2D eigenvalue weighted by Gasteiger charge is -2.20. The number of hydrogen-bond acceptors (Lipinski definition) is 4. The molecule has 0 radical (unpaired) electrons. The first-order valence-corrected chi connectivity index (χ1v) is 6.67. The summed E-state index contributed by atoms with van der Waals surface area (Å²) in [5.74, 6) is 0.176. The van der Waals surface area contributed by atoms with Crippen molar-refractivity contribution in [3.63, 3.8) is 0 Å². The highest BCUT2D eigenvalue weighted by atomic mass is 79.9. The van der Waals surface area contributed by atoms with Crippen LogP contribution in [0.25, 0.3) is 0 Å². The number of nitriles is 1. The summed E-state index contributed by atoms with van der Waals surface area (Å²) in [7, 11) is 1.57. The van der Waals surface area contributed by atoms with Gasteiger partial charge in [-0.3, -0.25) is 4.79 Å². The molecule has 0 spiro atoms. The highest BCUT2D eigenvalue weighted by Crippen LogP contribution is 2.30. The molecular weight excluding hydrogens is 310 g/mol. The van der Waals surface area contributed by atoms with E-state index in [4.69, 9.17) is 9.47 Å². The molecule has 102 valence electrons. The smallest absolute Gasteiger partial charge is 0.326 e. The normalized spacial score (nSPS) is 13.2. The van der Waals surface area contributed by atoms with Gasteiger partial charge < -0.3 is 9.47 Å². The Morgan fingerprint density at radius 2 is 2.21 bits per heavy atom. The van der Waals surface area contributed by atoms with E-state index >= 15 is 0 Å². The second-order valence-corrected chi connectivity index (χ2v) is 5.15. The van der Waals surface area contributed by atoms with Gasteiger partial charge in [-0.05, 0) is 37.6 Å². The Morgan fingerprint density at radius 3 is 2.74 bits per heavy atom. The summed E-state index contributed by atoms with van der Waals surface area (Å²) in [5.41, 5.74) is -0.373. The van der Waals surface area contributed by atoms with Crippen molar-refractivity contribution in [2.24, 2.45) is 5.41 Å². The Bertz CT molecular complexity index is 510. The summed E-state index contributed by atoms with van der Waals surface area (Å²) in [6.07, 6.45) is 0.264. The fourth-order valence-corrected chi connectivity index (χ4v) is 2.03. The zero-order valence-electron chi connectivity index (χ0n) is 11.2. The number of halogens is 1. The zero-order valence-corrected chi connectivity index (χ0v) is 12.8. The monoisotopic (exact) mass is 325 g/mol. The van der Waals surface area contributed by atoms with Gasteiger partial charge >= 0.3 is 5.97 Å². The average Bonchev–Trinajstić information content (AvgIpc) is 2.41. The van der Waals surface area contributed by atoms with Gasteiger partial charge in [0.25, 0.3) is 0 Å². The number of carbonyl (C=O) groups is 1. The van der Waals surface area contributed by atoms with Gasteiger partial charge in [-0.25, -0.2) is 0 Å². The van der Waals surface area contributed by atoms with Crippen LogP contribution in [0.15, 0.2) is 22.7 Å². The lowest BCUT2D eigenvalue weighted by molar-refractivity contribution is -0.151. The van der Waals surface area contributed by atoms with Gasteiger partial charge in [0.05, 0.1) is 19.8 Å². The maximum atomic E-state index is 11.9. The molecule has 0 aliphatic heterocycles. The molecule has 0 bridgehead atoms. The van der Waals surface area contributed by atoms with Crippen LogP contribution in [0.3, 0.4) is 0 Å². The molecule has 0 saturated carbocycles. The van der Waals surface area contributed by atoms with Crippen molar-refractivity contribution in [2.45, 2.75) is 20.3 Å². The lowest BCUT2D eigenvalue weighted by Crippen LogP contribution is -2.30. The van der Waals surface area contributed by atoms with Crippen molar-refractivity contribution in [3.8, 4) is 11.8 Å². The molecule has 1 aromatic rings. The molecule has 0 amide bonds. The molecule has 0 aromatic heterocycles. The summed E-state index contributed by atoms with van der Waals surface area (Å²) < 4.78 is 10.9. The summed E-state index contributed by atoms with van der Waals surface area (Å²) in [5, 5.41) is 9.26. The number of benzene rings is 1. The number of carbonyl (C=O) groups excluding carboxylic acids is 1. The topological polar surface area (TPSA) is 59.3 Å². The SMILES string of the molecule is CCOC(=O)C(C)(C#N)Cc1cc(OC)ccc1Br. The summed E-state index contributed by atoms with van der Waals surface area (Å²) in [4.78, 5) is 11.9. The number of rotatable bonds is 5. The highest BCUT2D eigenvalue weighted by Gasteiger charge is 2.35. The van der Waals surface area contributed by atoms with E-state index in [2.05, 4.69) is 15.9 Å². The van der Waals surface area contributed by atoms with Crippen LogP contribution in [0.5, 0.6) is 5.75 Å². The maximum Gasteiger partial charge on any atom is 0.326 e. The van der Waals surface area contributed by atoms with Crippen LogP contribution < -0.4 is 4.74 Å². The van der Waals surface area contributed by atoms with Gasteiger partial charge in [0.15, 0.2) is 5.41 Å². The molecule has 1 rings (SSSR count). The first kappa shape index (κ1) is 15.5. The molecule has 0 fully saturated rings. The van der Waals surface area contributed by atoms with Crippen molar-refractivity contribution in [2.75, 3.05) is 13.7 Å². The molecule has 1 atom stereocenters. The van der Waals surface area contributed by atoms with Crippen LogP contribution >= 0.6 is 15.9 Å². The number of nitrogens with zero attached hydrogens (tertiary/aromatic N) is 1. The van der Waals surface area contributed by atoms with E-state index in [1.54, 1.807) is 27.0 Å². The predicted octanol–water partition coefficient (Wildman–Crippen LogP) is 3.09. The Kier molecular flexibility index (Phi) is 5.37. The third-order valence-corrected chi connectivity index (χ3v) is 3.54. The van der Waals surface area contributed by atoms with Crippen LogP contribution in [0.2, 0.25) is 0 Å². The molecule has 0 aliphatic rings. The molecular formula is C14H16BrNO3. The molecule has 19 heavy (non-hydrogen) atoms. The molecule has 0 heterocycles. The van der Waals surface area contributed by atoms with Gasteiger partial charge in [-0.15, -0.1) is 0 Å². The van der Waals surface area contributed by atoms with Gasteiger partial charge in [0, 0.05) is 10.9 Å². The molecule has 1 aromatic carbocycles. The van der Waals surface area contributed by atoms with E-state index in [1.807, 2.05) is 18.2 Å². The van der Waals surface area contributed by atoms with E-state index in [9.17, 15) is 10.1 Å². The summed E-state index contributed by atoms with van der Waals surface area (Å²) >= 11 is 3.41. The second-order valence-electron chi connectivity index (χ2n) is 4.30. The van der Waals surface area contributed by atoms with Gasteiger partial charge in [0.1, 0.15) is 5.75 Å². The Morgan fingerprint density at radius 1 is 1.53 bits per heavy atom. The van der Waals surface area contributed by atoms with E-state index in [-0.39, 0.29) is 13.0 Å². The standard InChI is InChI=1S/C14H16BrNO3/c1-4-19-13(17)14(2,9-16)8-10-7-11(18-3)5-6-12(10)15/h5-7H,4,8H2,1-3H3. The number of esters is 1. The van der Waals surface area contributed by atoms with Crippen molar-refractivity contribution < 1.29 is 14.3 Å². The quantitative estimate of drug-likeness (QED) is 0.780. The van der Waals surface area contributed by atoms with E-state index in [1.165, 1.54) is 0 Å². The molecule has 0 N–H and O–H groups in total. The fourth-order valence-electron chi connectivity index (χ4n) is 1.64. The zero-order chi connectivity index (χ0) is 14.5. The number of ether oxygens (including phenoxy) is 2. The summed E-state index contributed by atoms with van der Waals surface area (Å²) in [6, 6.07) is 7.48. The Labute approximate surface area is 121 Å². The van der Waals surface area contributed by atoms with Crippen LogP contribution in [0.4, 0.5) is 0 Å². The third-order valence-electron chi connectivity index (χ3n) is 2.77. The van der Waals surface area contributed by atoms with Gasteiger partial charge in [0.2, 0.25) is 0 Å². The van der Waals surface area contributed by atoms with Gasteiger partial charge in [-0.1, -0.05) is 15.9 Å². The predicted molar refractivity (Wildman–Crippen MR) is 74.8 cm³/mol.